The Bertz CT molecular complexity index is 476. The first-order valence-corrected chi connectivity index (χ1v) is 11.7. The van der Waals surface area contributed by atoms with Crippen molar-refractivity contribution in [2.75, 3.05) is 13.2 Å². The third kappa shape index (κ3) is 7.73. The first kappa shape index (κ1) is 27.3. The summed E-state index contributed by atoms with van der Waals surface area (Å²) in [5.41, 5.74) is 0. The quantitative estimate of drug-likeness (QED) is 0.213. The summed E-state index contributed by atoms with van der Waals surface area (Å²) in [6.45, 7) is 3.95. The summed E-state index contributed by atoms with van der Waals surface area (Å²) >= 11 is 0. The summed E-state index contributed by atoms with van der Waals surface area (Å²) in [6, 6.07) is 0. The van der Waals surface area contributed by atoms with Gasteiger partial charge >= 0.3 is 0 Å². The molecule has 30 heavy (non-hydrogen) atoms. The summed E-state index contributed by atoms with van der Waals surface area (Å²) in [5, 5.41) is 53.9. The average Bonchev–Trinajstić information content (AvgIpc) is 2.73. The molecule has 1 amide bonds. The second kappa shape index (κ2) is 14.3. The molecule has 6 atom stereocenters. The van der Waals surface area contributed by atoms with Crippen molar-refractivity contribution in [2.45, 2.75) is 115 Å². The minimum atomic E-state index is -2.39. The normalized spacial score (nSPS) is 30.2. The Hall–Kier alpha value is -0.770. The molecule has 0 spiro atoms. The van der Waals surface area contributed by atoms with Gasteiger partial charge in [0, 0.05) is 6.54 Å². The van der Waals surface area contributed by atoms with Gasteiger partial charge in [-0.3, -0.25) is 4.79 Å². The van der Waals surface area contributed by atoms with Crippen LogP contribution in [0.2, 0.25) is 0 Å². The summed E-state index contributed by atoms with van der Waals surface area (Å²) in [4.78, 5) is 12.8. The van der Waals surface area contributed by atoms with Crippen LogP contribution in [0.4, 0.5) is 0 Å². The molecule has 0 aromatic carbocycles. The van der Waals surface area contributed by atoms with Crippen LogP contribution in [0.1, 0.15) is 84.5 Å². The number of ether oxygens (including phenoxy) is 1. The number of nitrogens with one attached hydrogen (secondary N) is 1. The Morgan fingerprint density at radius 2 is 1.50 bits per heavy atom. The van der Waals surface area contributed by atoms with E-state index in [1.54, 1.807) is 0 Å². The Balaban J connectivity index is 2.77. The van der Waals surface area contributed by atoms with Gasteiger partial charge in [0.2, 0.25) is 11.7 Å². The molecule has 8 heteroatoms. The number of amides is 1. The van der Waals surface area contributed by atoms with Crippen LogP contribution >= 0.6 is 0 Å². The van der Waals surface area contributed by atoms with Crippen LogP contribution in [0.15, 0.2) is 0 Å². The number of aliphatic hydroxyl groups is 5. The molecule has 0 bridgehead atoms. The maximum Gasteiger partial charge on any atom is 0.228 e. The van der Waals surface area contributed by atoms with E-state index in [0.29, 0.717) is 13.0 Å². The van der Waals surface area contributed by atoms with Crippen molar-refractivity contribution >= 4 is 5.91 Å². The third-order valence-corrected chi connectivity index (χ3v) is 5.99. The number of hydrogen-bond donors (Lipinski definition) is 6. The summed E-state index contributed by atoms with van der Waals surface area (Å²) < 4.78 is 5.41. The lowest BCUT2D eigenvalue weighted by atomic mass is 9.81. The van der Waals surface area contributed by atoms with E-state index in [9.17, 15) is 30.3 Å². The zero-order chi connectivity index (χ0) is 22.6. The molecule has 1 aliphatic rings. The second-order valence-corrected chi connectivity index (χ2v) is 8.48. The third-order valence-electron chi connectivity index (χ3n) is 5.99. The predicted molar refractivity (Wildman–Crippen MR) is 114 cm³/mol. The van der Waals surface area contributed by atoms with Gasteiger partial charge in [-0.2, -0.15) is 0 Å². The van der Waals surface area contributed by atoms with Gasteiger partial charge in [0.25, 0.3) is 0 Å². The van der Waals surface area contributed by atoms with Crippen LogP contribution in [-0.2, 0) is 9.53 Å². The van der Waals surface area contributed by atoms with Gasteiger partial charge in [-0.15, -0.1) is 0 Å². The highest BCUT2D eigenvalue weighted by molar-refractivity contribution is 5.79. The van der Waals surface area contributed by atoms with Crippen LogP contribution in [0.3, 0.4) is 0 Å². The van der Waals surface area contributed by atoms with E-state index in [2.05, 4.69) is 12.2 Å². The SMILES string of the molecule is CCCCCCCCCCC(C(=O)NCCCC)C1(O)O[C@H](CO)[C@@H](O)[C@H](O)[C@H]1O. The van der Waals surface area contributed by atoms with Crippen molar-refractivity contribution in [1.82, 2.24) is 5.32 Å². The molecule has 0 aliphatic carbocycles. The summed E-state index contributed by atoms with van der Waals surface area (Å²) in [7, 11) is 0. The molecule has 0 saturated carbocycles. The van der Waals surface area contributed by atoms with E-state index in [0.717, 1.165) is 32.1 Å². The minimum absolute atomic E-state index is 0.265. The summed E-state index contributed by atoms with van der Waals surface area (Å²) in [5.74, 6) is -3.97. The Kier molecular flexibility index (Phi) is 13.0. The van der Waals surface area contributed by atoms with Crippen LogP contribution in [0.25, 0.3) is 0 Å². The molecule has 1 fully saturated rings. The van der Waals surface area contributed by atoms with E-state index >= 15 is 0 Å². The second-order valence-electron chi connectivity index (χ2n) is 8.48. The van der Waals surface area contributed by atoms with Gasteiger partial charge in [0.05, 0.1) is 12.5 Å². The maximum atomic E-state index is 12.8. The Morgan fingerprint density at radius 3 is 2.07 bits per heavy atom. The first-order valence-electron chi connectivity index (χ1n) is 11.7. The number of carbonyl (C=O) groups excluding carboxylic acids is 1. The number of unbranched alkanes of at least 4 members (excludes halogenated alkanes) is 8. The molecule has 6 N–H and O–H groups in total. The molecular weight excluding hydrogens is 390 g/mol. The number of aliphatic hydroxyl groups excluding tert-OH is 4. The molecule has 1 saturated heterocycles. The lowest BCUT2D eigenvalue weighted by Gasteiger charge is -2.48. The summed E-state index contributed by atoms with van der Waals surface area (Å²) in [6.07, 6.45) is 4.00. The highest BCUT2D eigenvalue weighted by Crippen LogP contribution is 2.36. The van der Waals surface area contributed by atoms with Gasteiger partial charge in [0.1, 0.15) is 24.4 Å². The molecule has 0 radical (unpaired) electrons. The van der Waals surface area contributed by atoms with Crippen molar-refractivity contribution in [3.05, 3.63) is 0 Å². The van der Waals surface area contributed by atoms with Crippen LogP contribution in [0, 0.1) is 5.92 Å². The van der Waals surface area contributed by atoms with Gasteiger partial charge < -0.3 is 35.6 Å². The van der Waals surface area contributed by atoms with Crippen molar-refractivity contribution in [2.24, 2.45) is 5.92 Å². The van der Waals surface area contributed by atoms with Crippen LogP contribution in [-0.4, -0.2) is 74.8 Å². The fraction of sp³-hybridized carbons (Fsp3) is 0.955. The van der Waals surface area contributed by atoms with Crippen molar-refractivity contribution in [1.29, 1.82) is 0 Å². The zero-order valence-corrected chi connectivity index (χ0v) is 18.6. The Labute approximate surface area is 180 Å². The average molecular weight is 434 g/mol. The van der Waals surface area contributed by atoms with E-state index in [4.69, 9.17) is 4.74 Å². The van der Waals surface area contributed by atoms with E-state index in [-0.39, 0.29) is 6.42 Å². The lowest BCUT2D eigenvalue weighted by Crippen LogP contribution is -2.69. The standard InChI is InChI=1S/C22H43NO7/c1-3-5-7-8-9-10-11-12-13-16(21(28)23-14-6-4-2)22(29)20(27)19(26)18(25)17(15-24)30-22/h16-20,24-27,29H,3-15H2,1-2H3,(H,23,28)/t16?,17-,18-,19+,20-,22?/m1/s1. The highest BCUT2D eigenvalue weighted by Gasteiger charge is 2.58. The van der Waals surface area contributed by atoms with Gasteiger partial charge in [-0.1, -0.05) is 71.6 Å². The molecule has 0 aromatic heterocycles. The molecular formula is C22H43NO7. The van der Waals surface area contributed by atoms with Gasteiger partial charge in [0.15, 0.2) is 0 Å². The molecule has 0 aromatic rings. The maximum absolute atomic E-state index is 12.8. The molecule has 1 aliphatic heterocycles. The van der Waals surface area contributed by atoms with E-state index < -0.39 is 48.6 Å². The lowest BCUT2D eigenvalue weighted by molar-refractivity contribution is -0.364. The van der Waals surface area contributed by atoms with Crippen LogP contribution in [0.5, 0.6) is 0 Å². The Morgan fingerprint density at radius 1 is 0.933 bits per heavy atom. The molecule has 8 nitrogen and oxygen atoms in total. The largest absolute Gasteiger partial charge is 0.394 e. The molecule has 2 unspecified atom stereocenters. The highest BCUT2D eigenvalue weighted by atomic mass is 16.7. The van der Waals surface area contributed by atoms with E-state index in [1.807, 2.05) is 6.92 Å². The zero-order valence-electron chi connectivity index (χ0n) is 18.6. The van der Waals surface area contributed by atoms with E-state index in [1.165, 1.54) is 25.7 Å². The fourth-order valence-corrected chi connectivity index (χ4v) is 3.99. The number of hydrogen-bond acceptors (Lipinski definition) is 7. The predicted octanol–water partition coefficient (Wildman–Crippen LogP) is 1.21. The van der Waals surface area contributed by atoms with Crippen molar-refractivity contribution < 1.29 is 35.1 Å². The monoisotopic (exact) mass is 433 g/mol. The van der Waals surface area contributed by atoms with Gasteiger partial charge in [-0.05, 0) is 12.8 Å². The van der Waals surface area contributed by atoms with Crippen molar-refractivity contribution in [3.63, 3.8) is 0 Å². The number of rotatable bonds is 15. The molecule has 1 rings (SSSR count). The first-order chi connectivity index (χ1) is 14.3. The molecule has 1 heterocycles. The molecule has 178 valence electrons. The topological polar surface area (TPSA) is 139 Å². The van der Waals surface area contributed by atoms with Crippen molar-refractivity contribution in [3.8, 4) is 0 Å². The van der Waals surface area contributed by atoms with Crippen LogP contribution < -0.4 is 5.32 Å². The smallest absolute Gasteiger partial charge is 0.228 e. The number of carbonyl (C=O) groups is 1. The van der Waals surface area contributed by atoms with Gasteiger partial charge in [-0.25, -0.2) is 0 Å². The minimum Gasteiger partial charge on any atom is -0.394 e. The fourth-order valence-electron chi connectivity index (χ4n) is 3.99.